The quantitative estimate of drug-likeness (QED) is 0.294. The van der Waals surface area contributed by atoms with Gasteiger partial charge in [-0.3, -0.25) is 9.79 Å². The van der Waals surface area contributed by atoms with Gasteiger partial charge in [0.25, 0.3) is 0 Å². The van der Waals surface area contributed by atoms with Crippen molar-refractivity contribution in [2.75, 3.05) is 26.7 Å². The molecule has 222 valence electrons. The van der Waals surface area contributed by atoms with Crippen LogP contribution in [0.15, 0.2) is 57.8 Å². The molecule has 3 rings (SSSR count). The topological polar surface area (TPSA) is 57.1 Å². The van der Waals surface area contributed by atoms with Crippen molar-refractivity contribution in [3.8, 4) is 0 Å². The van der Waals surface area contributed by atoms with Gasteiger partial charge in [0.15, 0.2) is 0 Å². The average Bonchev–Trinajstić information content (AvgIpc) is 3.37. The van der Waals surface area contributed by atoms with Gasteiger partial charge in [-0.2, -0.15) is 13.2 Å². The lowest BCUT2D eigenvalue weighted by atomic mass is 9.75. The molecule has 39 heavy (non-hydrogen) atoms. The summed E-state index contributed by atoms with van der Waals surface area (Å²) in [5.41, 5.74) is 5.00. The number of hydrogen-bond donors (Lipinski definition) is 1. The van der Waals surface area contributed by atoms with Crippen LogP contribution in [-0.2, 0) is 4.79 Å². The number of allylic oxidation sites excluding steroid dienone is 4. The van der Waals surface area contributed by atoms with Crippen molar-refractivity contribution < 1.29 is 18.0 Å². The molecular weight excluding hydrogens is 501 g/mol. The summed E-state index contributed by atoms with van der Waals surface area (Å²) in [6.07, 6.45) is 4.31. The number of aliphatic imine (C=N–C) groups is 2. The minimum atomic E-state index is -3.96. The summed E-state index contributed by atoms with van der Waals surface area (Å²) in [5.74, 6) is 0.574. The van der Waals surface area contributed by atoms with Crippen molar-refractivity contribution >= 4 is 18.3 Å². The standard InChI is InChI=1S/C19H25N3O.C8H15F3.C2H5N.C2H6/c1-5-15-17(6-2)22(18(23)19(15)11-20-12-19)10-14(4)21-16-9-7-8-13(16)3;1-3-7(2)5-4-6-8(9,10)11;1-3-2;1-2/h5-6,20H,1-2,7-12H2,3-4H3;7H,3-6H2,1-2H3;1H2,2H3;1-2H3. The summed E-state index contributed by atoms with van der Waals surface area (Å²) < 4.78 is 34.8. The highest BCUT2D eigenvalue weighted by Crippen LogP contribution is 2.44. The molecule has 0 aromatic heterocycles. The molecule has 1 unspecified atom stereocenters. The molecule has 1 amide bonds. The first-order valence-electron chi connectivity index (χ1n) is 14.1. The molecule has 1 aliphatic carbocycles. The fourth-order valence-corrected chi connectivity index (χ4v) is 4.65. The van der Waals surface area contributed by atoms with Gasteiger partial charge in [-0.1, -0.05) is 65.3 Å². The number of halogens is 3. The molecule has 1 spiro atoms. The molecule has 0 radical (unpaired) electrons. The lowest BCUT2D eigenvalue weighted by molar-refractivity contribution is -0.137. The van der Waals surface area contributed by atoms with E-state index in [-0.39, 0.29) is 12.3 Å². The molecular formula is C31H51F3N4O. The van der Waals surface area contributed by atoms with Crippen LogP contribution in [0.2, 0.25) is 0 Å². The molecule has 1 saturated heterocycles. The predicted molar refractivity (Wildman–Crippen MR) is 160 cm³/mol. The molecule has 5 nitrogen and oxygen atoms in total. The Bertz CT molecular complexity index is 911. The largest absolute Gasteiger partial charge is 0.389 e. The molecule has 0 saturated carbocycles. The van der Waals surface area contributed by atoms with Crippen LogP contribution in [0.5, 0.6) is 0 Å². The summed E-state index contributed by atoms with van der Waals surface area (Å²) >= 11 is 0. The maximum atomic E-state index is 13.0. The summed E-state index contributed by atoms with van der Waals surface area (Å²) in [6, 6.07) is 0. The molecule has 8 heteroatoms. The zero-order chi connectivity index (χ0) is 30.2. The molecule has 0 aromatic carbocycles. The monoisotopic (exact) mass is 552 g/mol. The predicted octanol–water partition coefficient (Wildman–Crippen LogP) is 8.07. The number of amides is 1. The lowest BCUT2D eigenvalue weighted by Gasteiger charge is -2.39. The molecule has 1 fully saturated rings. The number of carbonyl (C=O) groups excluding carboxylic acids is 1. The van der Waals surface area contributed by atoms with Gasteiger partial charge in [0.2, 0.25) is 5.91 Å². The lowest BCUT2D eigenvalue weighted by Crippen LogP contribution is -2.59. The highest BCUT2D eigenvalue weighted by molar-refractivity contribution is 5.98. The van der Waals surface area contributed by atoms with E-state index in [1.165, 1.54) is 17.7 Å². The van der Waals surface area contributed by atoms with Gasteiger partial charge in [0, 0.05) is 43.7 Å². The smallest absolute Gasteiger partial charge is 0.314 e. The van der Waals surface area contributed by atoms with Crippen molar-refractivity contribution in [1.29, 1.82) is 0 Å². The van der Waals surface area contributed by atoms with Crippen molar-refractivity contribution in [2.24, 2.45) is 21.3 Å². The van der Waals surface area contributed by atoms with E-state index in [0.717, 1.165) is 36.2 Å². The number of rotatable bonds is 9. The third kappa shape index (κ3) is 10.9. The van der Waals surface area contributed by atoms with E-state index in [4.69, 9.17) is 4.99 Å². The Morgan fingerprint density at radius 1 is 1.21 bits per heavy atom. The molecule has 1 N–H and O–H groups in total. The first kappa shape index (κ1) is 36.5. The van der Waals surface area contributed by atoms with E-state index >= 15 is 0 Å². The molecule has 0 aromatic rings. The van der Waals surface area contributed by atoms with Gasteiger partial charge in [0.05, 0.1) is 6.54 Å². The van der Waals surface area contributed by atoms with Crippen LogP contribution in [0.3, 0.4) is 0 Å². The second-order valence-corrected chi connectivity index (χ2v) is 10.0. The maximum Gasteiger partial charge on any atom is 0.389 e. The van der Waals surface area contributed by atoms with Gasteiger partial charge >= 0.3 is 6.18 Å². The highest BCUT2D eigenvalue weighted by atomic mass is 19.4. The summed E-state index contributed by atoms with van der Waals surface area (Å²) in [7, 11) is 1.64. The Morgan fingerprint density at radius 2 is 1.79 bits per heavy atom. The van der Waals surface area contributed by atoms with Crippen LogP contribution in [0, 0.1) is 11.3 Å². The fourth-order valence-electron chi connectivity index (χ4n) is 4.65. The van der Waals surface area contributed by atoms with Crippen LogP contribution in [0.4, 0.5) is 13.2 Å². The molecule has 0 bridgehead atoms. The zero-order valence-corrected chi connectivity index (χ0v) is 25.3. The Balaban J connectivity index is 0.000000761. The van der Waals surface area contributed by atoms with E-state index in [2.05, 4.69) is 37.1 Å². The van der Waals surface area contributed by atoms with Crippen LogP contribution < -0.4 is 5.32 Å². The van der Waals surface area contributed by atoms with E-state index < -0.39 is 18.0 Å². The van der Waals surface area contributed by atoms with Crippen LogP contribution in [0.25, 0.3) is 0 Å². The summed E-state index contributed by atoms with van der Waals surface area (Å²) in [6.45, 7) is 24.9. The first-order chi connectivity index (χ1) is 18.4. The van der Waals surface area contributed by atoms with E-state index in [9.17, 15) is 18.0 Å². The average molecular weight is 553 g/mol. The number of carbonyl (C=O) groups is 1. The Labute approximate surface area is 235 Å². The van der Waals surface area contributed by atoms with Crippen LogP contribution >= 0.6 is 0 Å². The van der Waals surface area contributed by atoms with Crippen LogP contribution in [0.1, 0.15) is 86.5 Å². The Kier molecular flexibility index (Phi) is 16.8. The normalized spacial score (nSPS) is 18.8. The van der Waals surface area contributed by atoms with Gasteiger partial charge in [-0.15, -0.1) is 0 Å². The van der Waals surface area contributed by atoms with E-state index in [0.29, 0.717) is 32.0 Å². The molecule has 2 heterocycles. The number of nitrogens with zero attached hydrogens (tertiary/aromatic N) is 3. The van der Waals surface area contributed by atoms with E-state index in [1.807, 2.05) is 45.6 Å². The van der Waals surface area contributed by atoms with Crippen molar-refractivity contribution in [3.05, 3.63) is 47.9 Å². The molecule has 2 aliphatic heterocycles. The summed E-state index contributed by atoms with van der Waals surface area (Å²) in [5, 5.41) is 3.22. The minimum absolute atomic E-state index is 0.146. The van der Waals surface area contributed by atoms with Gasteiger partial charge in [-0.25, -0.2) is 0 Å². The second kappa shape index (κ2) is 18.0. The van der Waals surface area contributed by atoms with Crippen molar-refractivity contribution in [2.45, 2.75) is 92.7 Å². The SMILES string of the molecule is C=CC1=C(C=C)C2(CNC2)C(=O)N1CC(C)=NC1=C(C)CCC1.C=NC.CC.CCC(C)CCCC(F)(F)F. The van der Waals surface area contributed by atoms with Crippen LogP contribution in [-0.4, -0.2) is 56.1 Å². The summed E-state index contributed by atoms with van der Waals surface area (Å²) in [4.78, 5) is 22.8. The third-order valence-corrected chi connectivity index (χ3v) is 7.01. The fraction of sp³-hybridized carbons (Fsp3) is 0.645. The third-order valence-electron chi connectivity index (χ3n) is 7.01. The van der Waals surface area contributed by atoms with E-state index in [1.54, 1.807) is 13.1 Å². The Morgan fingerprint density at radius 3 is 2.18 bits per heavy atom. The first-order valence-corrected chi connectivity index (χ1v) is 14.1. The van der Waals surface area contributed by atoms with Gasteiger partial charge in [0.1, 0.15) is 5.41 Å². The van der Waals surface area contributed by atoms with Crippen molar-refractivity contribution in [3.63, 3.8) is 0 Å². The minimum Gasteiger partial charge on any atom is -0.314 e. The van der Waals surface area contributed by atoms with Gasteiger partial charge < -0.3 is 15.2 Å². The molecule has 3 aliphatic rings. The van der Waals surface area contributed by atoms with Crippen molar-refractivity contribution in [1.82, 2.24) is 10.2 Å². The Hall–Kier alpha value is -2.48. The maximum absolute atomic E-state index is 13.0. The number of alkyl halides is 3. The van der Waals surface area contributed by atoms with Gasteiger partial charge in [-0.05, 0) is 63.8 Å². The highest BCUT2D eigenvalue weighted by Gasteiger charge is 2.54. The zero-order valence-electron chi connectivity index (χ0n) is 25.3. The number of hydrogen-bond acceptors (Lipinski definition) is 4. The second-order valence-electron chi connectivity index (χ2n) is 10.0. The molecule has 1 atom stereocenters. The number of nitrogens with one attached hydrogen (secondary N) is 1.